The van der Waals surface area contributed by atoms with E-state index in [9.17, 15) is 5.11 Å². The molecule has 0 unspecified atom stereocenters. The first-order chi connectivity index (χ1) is 6.81. The summed E-state index contributed by atoms with van der Waals surface area (Å²) in [5, 5.41) is 9.64. The van der Waals surface area contributed by atoms with Gasteiger partial charge in [-0.2, -0.15) is 0 Å². The Morgan fingerprint density at radius 1 is 1.36 bits per heavy atom. The fourth-order valence-corrected chi connectivity index (χ4v) is 1.27. The van der Waals surface area contributed by atoms with Crippen molar-refractivity contribution in [2.45, 2.75) is 0 Å². The second-order valence-electron chi connectivity index (χ2n) is 2.86. The molecule has 1 aromatic rings. The Kier molecular flexibility index (Phi) is 2.14. The molecule has 14 heavy (non-hydrogen) atoms. The van der Waals surface area contributed by atoms with Crippen LogP contribution >= 0.6 is 0 Å². The predicted molar refractivity (Wildman–Crippen MR) is 53.4 cm³/mol. The maximum absolute atomic E-state index is 9.64. The SMILES string of the molecule is COc1ccc2c(c1)C(O)=CC=CO2. The topological polar surface area (TPSA) is 38.7 Å². The third kappa shape index (κ3) is 1.44. The van der Waals surface area contributed by atoms with Crippen LogP contribution in [0.15, 0.2) is 36.6 Å². The van der Waals surface area contributed by atoms with Gasteiger partial charge in [0.05, 0.1) is 18.9 Å². The fraction of sp³-hybridized carbons (Fsp3) is 0.0909. The van der Waals surface area contributed by atoms with Gasteiger partial charge < -0.3 is 14.6 Å². The van der Waals surface area contributed by atoms with E-state index in [1.54, 1.807) is 37.5 Å². The van der Waals surface area contributed by atoms with Gasteiger partial charge in [-0.25, -0.2) is 0 Å². The van der Waals surface area contributed by atoms with Crippen LogP contribution in [0.5, 0.6) is 11.5 Å². The number of allylic oxidation sites excluding steroid dienone is 2. The van der Waals surface area contributed by atoms with Crippen LogP contribution in [0.1, 0.15) is 5.56 Å². The molecule has 3 nitrogen and oxygen atoms in total. The van der Waals surface area contributed by atoms with E-state index in [0.29, 0.717) is 17.1 Å². The van der Waals surface area contributed by atoms with Gasteiger partial charge in [0.2, 0.25) is 0 Å². The van der Waals surface area contributed by atoms with E-state index in [-0.39, 0.29) is 5.76 Å². The summed E-state index contributed by atoms with van der Waals surface area (Å²) >= 11 is 0. The van der Waals surface area contributed by atoms with Gasteiger partial charge in [-0.3, -0.25) is 0 Å². The minimum absolute atomic E-state index is 0.174. The molecule has 2 rings (SSSR count). The first-order valence-electron chi connectivity index (χ1n) is 4.22. The molecule has 0 fully saturated rings. The molecule has 1 aromatic carbocycles. The summed E-state index contributed by atoms with van der Waals surface area (Å²) in [7, 11) is 1.58. The van der Waals surface area contributed by atoms with Gasteiger partial charge in [-0.1, -0.05) is 0 Å². The van der Waals surface area contributed by atoms with Crippen LogP contribution in [-0.4, -0.2) is 12.2 Å². The lowest BCUT2D eigenvalue weighted by Gasteiger charge is -2.07. The van der Waals surface area contributed by atoms with Crippen LogP contribution in [0.4, 0.5) is 0 Å². The Morgan fingerprint density at radius 2 is 2.21 bits per heavy atom. The Bertz CT molecular complexity index is 405. The summed E-state index contributed by atoms with van der Waals surface area (Å²) in [6.45, 7) is 0. The first-order valence-corrected chi connectivity index (χ1v) is 4.22. The zero-order chi connectivity index (χ0) is 9.97. The Morgan fingerprint density at radius 3 is 3.00 bits per heavy atom. The fourth-order valence-electron chi connectivity index (χ4n) is 1.27. The van der Waals surface area contributed by atoms with E-state index in [2.05, 4.69) is 0 Å². The highest BCUT2D eigenvalue weighted by molar-refractivity contribution is 5.68. The van der Waals surface area contributed by atoms with Crippen LogP contribution in [-0.2, 0) is 0 Å². The molecular weight excluding hydrogens is 180 g/mol. The average molecular weight is 190 g/mol. The highest BCUT2D eigenvalue weighted by atomic mass is 16.5. The second kappa shape index (κ2) is 3.46. The van der Waals surface area contributed by atoms with Gasteiger partial charge in [0.1, 0.15) is 17.3 Å². The van der Waals surface area contributed by atoms with Crippen molar-refractivity contribution in [3.8, 4) is 11.5 Å². The van der Waals surface area contributed by atoms with Gasteiger partial charge in [-0.15, -0.1) is 0 Å². The molecule has 0 aliphatic carbocycles. The summed E-state index contributed by atoms with van der Waals surface area (Å²) in [6, 6.07) is 5.27. The van der Waals surface area contributed by atoms with E-state index in [1.807, 2.05) is 0 Å². The third-order valence-corrected chi connectivity index (χ3v) is 1.99. The number of aliphatic hydroxyl groups is 1. The number of aliphatic hydroxyl groups excluding tert-OH is 1. The monoisotopic (exact) mass is 190 g/mol. The van der Waals surface area contributed by atoms with Gasteiger partial charge in [0.25, 0.3) is 0 Å². The smallest absolute Gasteiger partial charge is 0.137 e. The number of hydrogen-bond acceptors (Lipinski definition) is 3. The molecule has 0 atom stereocenters. The second-order valence-corrected chi connectivity index (χ2v) is 2.86. The number of fused-ring (bicyclic) bond motifs is 1. The summed E-state index contributed by atoms with van der Waals surface area (Å²) in [4.78, 5) is 0. The minimum Gasteiger partial charge on any atom is -0.507 e. The van der Waals surface area contributed by atoms with E-state index in [1.165, 1.54) is 6.26 Å². The van der Waals surface area contributed by atoms with Crippen molar-refractivity contribution in [3.05, 3.63) is 42.2 Å². The average Bonchev–Trinajstić information content (AvgIpc) is 2.40. The van der Waals surface area contributed by atoms with Crippen LogP contribution < -0.4 is 9.47 Å². The Labute approximate surface area is 81.9 Å². The Balaban J connectivity index is 2.53. The summed E-state index contributed by atoms with van der Waals surface area (Å²) in [5.74, 6) is 1.48. The normalized spacial score (nSPS) is 13.6. The van der Waals surface area contributed by atoms with Gasteiger partial charge in [0, 0.05) is 0 Å². The lowest BCUT2D eigenvalue weighted by molar-refractivity contribution is 0.411. The maximum atomic E-state index is 9.64. The van der Waals surface area contributed by atoms with Crippen LogP contribution in [0.2, 0.25) is 0 Å². The lowest BCUT2D eigenvalue weighted by Crippen LogP contribution is -1.90. The largest absolute Gasteiger partial charge is 0.507 e. The number of rotatable bonds is 1. The van der Waals surface area contributed by atoms with E-state index >= 15 is 0 Å². The van der Waals surface area contributed by atoms with Crippen LogP contribution in [0.25, 0.3) is 5.76 Å². The molecule has 1 heterocycles. The van der Waals surface area contributed by atoms with Crippen molar-refractivity contribution < 1.29 is 14.6 Å². The molecular formula is C11H10O3. The minimum atomic E-state index is 0.174. The van der Waals surface area contributed by atoms with Crippen molar-refractivity contribution in [1.29, 1.82) is 0 Å². The summed E-state index contributed by atoms with van der Waals surface area (Å²) in [6.07, 6.45) is 4.74. The molecule has 1 aliphatic rings. The zero-order valence-electron chi connectivity index (χ0n) is 7.73. The quantitative estimate of drug-likeness (QED) is 0.739. The van der Waals surface area contributed by atoms with Gasteiger partial charge >= 0.3 is 0 Å². The number of benzene rings is 1. The van der Waals surface area contributed by atoms with Crippen molar-refractivity contribution in [2.75, 3.05) is 7.11 Å². The molecule has 0 saturated carbocycles. The third-order valence-electron chi connectivity index (χ3n) is 1.99. The van der Waals surface area contributed by atoms with Crippen molar-refractivity contribution in [2.24, 2.45) is 0 Å². The van der Waals surface area contributed by atoms with Crippen molar-refractivity contribution in [1.82, 2.24) is 0 Å². The van der Waals surface area contributed by atoms with Crippen LogP contribution in [0.3, 0.4) is 0 Å². The maximum Gasteiger partial charge on any atom is 0.137 e. The lowest BCUT2D eigenvalue weighted by atomic mass is 10.1. The number of ether oxygens (including phenoxy) is 2. The molecule has 0 bridgehead atoms. The zero-order valence-corrected chi connectivity index (χ0v) is 7.73. The molecule has 3 heteroatoms. The predicted octanol–water partition coefficient (Wildman–Crippen LogP) is 2.50. The standard InChI is InChI=1S/C11H10O3/c1-13-8-4-5-11-9(7-8)10(12)3-2-6-14-11/h2-7,12H,1H3. The molecule has 0 amide bonds. The van der Waals surface area contributed by atoms with E-state index < -0.39 is 0 Å². The van der Waals surface area contributed by atoms with Gasteiger partial charge in [-0.05, 0) is 30.4 Å². The molecule has 0 radical (unpaired) electrons. The first kappa shape index (κ1) is 8.69. The molecule has 0 aromatic heterocycles. The molecule has 1 N–H and O–H groups in total. The molecule has 0 saturated heterocycles. The van der Waals surface area contributed by atoms with Crippen molar-refractivity contribution in [3.63, 3.8) is 0 Å². The summed E-state index contributed by atoms with van der Waals surface area (Å²) in [5.41, 5.74) is 0.634. The number of methoxy groups -OCH3 is 1. The molecule has 72 valence electrons. The Hall–Kier alpha value is -1.90. The van der Waals surface area contributed by atoms with E-state index in [0.717, 1.165) is 0 Å². The molecule has 0 spiro atoms. The van der Waals surface area contributed by atoms with Crippen LogP contribution in [0, 0.1) is 0 Å². The summed E-state index contributed by atoms with van der Waals surface area (Å²) < 4.78 is 10.3. The van der Waals surface area contributed by atoms with Crippen molar-refractivity contribution >= 4 is 5.76 Å². The number of hydrogen-bond donors (Lipinski definition) is 1. The highest BCUT2D eigenvalue weighted by Crippen LogP contribution is 2.30. The van der Waals surface area contributed by atoms with Gasteiger partial charge in [0.15, 0.2) is 0 Å². The molecule has 1 aliphatic heterocycles. The van der Waals surface area contributed by atoms with E-state index in [4.69, 9.17) is 9.47 Å². The highest BCUT2D eigenvalue weighted by Gasteiger charge is 2.10.